The standard InChI is InChI=1S/C12H18Br2N2/c1-9(8-16(2)3)15-7-10-4-5-11(13)6-12(10)14/h4-6,9,15H,7-8H2,1-3H3. The largest absolute Gasteiger partial charge is 0.309 e. The lowest BCUT2D eigenvalue weighted by Crippen LogP contribution is -2.35. The third-order valence-electron chi connectivity index (χ3n) is 2.30. The Morgan fingerprint density at radius 1 is 1.31 bits per heavy atom. The van der Waals surface area contributed by atoms with Crippen molar-refractivity contribution in [3.63, 3.8) is 0 Å². The van der Waals surface area contributed by atoms with Gasteiger partial charge in [-0.1, -0.05) is 37.9 Å². The Labute approximate surface area is 115 Å². The van der Waals surface area contributed by atoms with Crippen molar-refractivity contribution in [1.82, 2.24) is 10.2 Å². The monoisotopic (exact) mass is 348 g/mol. The van der Waals surface area contributed by atoms with Crippen LogP contribution in [-0.4, -0.2) is 31.6 Å². The lowest BCUT2D eigenvalue weighted by molar-refractivity contribution is 0.349. The Kier molecular flexibility index (Phi) is 5.97. The predicted molar refractivity (Wildman–Crippen MR) is 76.7 cm³/mol. The lowest BCUT2D eigenvalue weighted by atomic mass is 10.2. The average Bonchev–Trinajstić information content (AvgIpc) is 2.15. The molecule has 1 atom stereocenters. The number of hydrogen-bond acceptors (Lipinski definition) is 2. The van der Waals surface area contributed by atoms with E-state index >= 15 is 0 Å². The molecule has 1 aromatic rings. The molecular formula is C12H18Br2N2. The molecule has 0 radical (unpaired) electrons. The molecule has 0 aliphatic heterocycles. The van der Waals surface area contributed by atoms with Crippen molar-refractivity contribution in [1.29, 1.82) is 0 Å². The zero-order chi connectivity index (χ0) is 12.1. The van der Waals surface area contributed by atoms with Crippen LogP contribution in [0, 0.1) is 0 Å². The molecule has 2 nitrogen and oxygen atoms in total. The summed E-state index contributed by atoms with van der Waals surface area (Å²) >= 11 is 7.02. The Balaban J connectivity index is 2.48. The maximum Gasteiger partial charge on any atom is 0.0231 e. The van der Waals surface area contributed by atoms with Crippen LogP contribution >= 0.6 is 31.9 Å². The van der Waals surface area contributed by atoms with Gasteiger partial charge in [-0.15, -0.1) is 0 Å². The first-order valence-electron chi connectivity index (χ1n) is 5.31. The van der Waals surface area contributed by atoms with Gasteiger partial charge >= 0.3 is 0 Å². The molecule has 0 saturated carbocycles. The SMILES string of the molecule is CC(CN(C)C)NCc1ccc(Br)cc1Br. The van der Waals surface area contributed by atoms with E-state index in [-0.39, 0.29) is 0 Å². The van der Waals surface area contributed by atoms with E-state index in [0.717, 1.165) is 22.0 Å². The van der Waals surface area contributed by atoms with Crippen LogP contribution in [0.5, 0.6) is 0 Å². The Morgan fingerprint density at radius 2 is 2.00 bits per heavy atom. The van der Waals surface area contributed by atoms with E-state index in [4.69, 9.17) is 0 Å². The second-order valence-electron chi connectivity index (χ2n) is 4.28. The third-order valence-corrected chi connectivity index (χ3v) is 3.53. The van der Waals surface area contributed by atoms with Crippen LogP contribution in [0.3, 0.4) is 0 Å². The maximum atomic E-state index is 3.57. The molecule has 0 spiro atoms. The molecule has 90 valence electrons. The van der Waals surface area contributed by atoms with Gasteiger partial charge in [-0.2, -0.15) is 0 Å². The summed E-state index contributed by atoms with van der Waals surface area (Å²) in [6, 6.07) is 6.76. The molecule has 0 saturated heterocycles. The Bertz CT molecular complexity index is 340. The van der Waals surface area contributed by atoms with E-state index in [2.05, 4.69) is 81.3 Å². The van der Waals surface area contributed by atoms with Crippen molar-refractivity contribution in [2.45, 2.75) is 19.5 Å². The molecule has 0 aliphatic carbocycles. The van der Waals surface area contributed by atoms with Gasteiger partial charge in [0.2, 0.25) is 0 Å². The van der Waals surface area contributed by atoms with Crippen LogP contribution in [0.1, 0.15) is 12.5 Å². The van der Waals surface area contributed by atoms with Crippen LogP contribution < -0.4 is 5.32 Å². The molecule has 0 heterocycles. The van der Waals surface area contributed by atoms with Gasteiger partial charge in [0.05, 0.1) is 0 Å². The smallest absolute Gasteiger partial charge is 0.0231 e. The molecule has 0 aliphatic rings. The number of hydrogen-bond donors (Lipinski definition) is 1. The number of benzene rings is 1. The van der Waals surface area contributed by atoms with Crippen molar-refractivity contribution < 1.29 is 0 Å². The van der Waals surface area contributed by atoms with Crippen LogP contribution in [-0.2, 0) is 6.54 Å². The summed E-state index contributed by atoms with van der Waals surface area (Å²) < 4.78 is 2.25. The second-order valence-corrected chi connectivity index (χ2v) is 6.05. The second kappa shape index (κ2) is 6.74. The molecule has 1 rings (SSSR count). The Hall–Kier alpha value is 0.1000. The molecule has 0 aromatic heterocycles. The molecule has 16 heavy (non-hydrogen) atoms. The van der Waals surface area contributed by atoms with Crippen LogP contribution in [0.2, 0.25) is 0 Å². The lowest BCUT2D eigenvalue weighted by Gasteiger charge is -2.18. The van der Waals surface area contributed by atoms with Crippen molar-refractivity contribution in [3.05, 3.63) is 32.7 Å². The van der Waals surface area contributed by atoms with Gasteiger partial charge in [-0.3, -0.25) is 0 Å². The van der Waals surface area contributed by atoms with Gasteiger partial charge in [0.25, 0.3) is 0 Å². The fourth-order valence-electron chi connectivity index (χ4n) is 1.56. The fourth-order valence-corrected chi connectivity index (χ4v) is 2.75. The minimum atomic E-state index is 0.491. The molecule has 4 heteroatoms. The van der Waals surface area contributed by atoms with E-state index in [0.29, 0.717) is 6.04 Å². The summed E-state index contributed by atoms with van der Waals surface area (Å²) in [5.74, 6) is 0. The zero-order valence-corrected chi connectivity index (χ0v) is 13.1. The molecular weight excluding hydrogens is 332 g/mol. The van der Waals surface area contributed by atoms with Gasteiger partial charge in [0.15, 0.2) is 0 Å². The zero-order valence-electron chi connectivity index (χ0n) is 9.93. The molecule has 0 amide bonds. The summed E-state index contributed by atoms with van der Waals surface area (Å²) in [4.78, 5) is 2.19. The van der Waals surface area contributed by atoms with Crippen molar-refractivity contribution in [3.8, 4) is 0 Å². The highest BCUT2D eigenvalue weighted by molar-refractivity contribution is 9.11. The quantitative estimate of drug-likeness (QED) is 0.877. The van der Waals surface area contributed by atoms with Crippen molar-refractivity contribution in [2.75, 3.05) is 20.6 Å². The molecule has 1 N–H and O–H groups in total. The highest BCUT2D eigenvalue weighted by atomic mass is 79.9. The van der Waals surface area contributed by atoms with Gasteiger partial charge in [-0.25, -0.2) is 0 Å². The average molecular weight is 350 g/mol. The first kappa shape index (κ1) is 14.2. The number of halogens is 2. The Morgan fingerprint density at radius 3 is 2.56 bits per heavy atom. The van der Waals surface area contributed by atoms with E-state index in [1.54, 1.807) is 0 Å². The number of nitrogens with one attached hydrogen (secondary N) is 1. The number of nitrogens with zero attached hydrogens (tertiary/aromatic N) is 1. The summed E-state index contributed by atoms with van der Waals surface area (Å²) in [6.07, 6.45) is 0. The van der Waals surface area contributed by atoms with Gasteiger partial charge in [-0.05, 0) is 38.7 Å². The van der Waals surface area contributed by atoms with Gasteiger partial charge in [0, 0.05) is 28.1 Å². The third kappa shape index (κ3) is 4.95. The highest BCUT2D eigenvalue weighted by Gasteiger charge is 2.05. The van der Waals surface area contributed by atoms with E-state index in [1.807, 2.05) is 0 Å². The van der Waals surface area contributed by atoms with Crippen LogP contribution in [0.4, 0.5) is 0 Å². The number of likely N-dealkylation sites (N-methyl/N-ethyl adjacent to an activating group) is 1. The molecule has 0 fully saturated rings. The van der Waals surface area contributed by atoms with E-state index < -0.39 is 0 Å². The first-order valence-corrected chi connectivity index (χ1v) is 6.89. The summed E-state index contributed by atoms with van der Waals surface area (Å²) in [5.41, 5.74) is 1.29. The summed E-state index contributed by atoms with van der Waals surface area (Å²) in [5, 5.41) is 3.50. The normalized spacial score (nSPS) is 13.1. The van der Waals surface area contributed by atoms with Crippen LogP contribution in [0.15, 0.2) is 27.1 Å². The maximum absolute atomic E-state index is 3.57. The summed E-state index contributed by atoms with van der Waals surface area (Å²) in [6.45, 7) is 4.14. The van der Waals surface area contributed by atoms with Crippen molar-refractivity contribution >= 4 is 31.9 Å². The molecule has 1 aromatic carbocycles. The number of rotatable bonds is 5. The minimum absolute atomic E-state index is 0.491. The van der Waals surface area contributed by atoms with E-state index in [9.17, 15) is 0 Å². The minimum Gasteiger partial charge on any atom is -0.309 e. The molecule has 1 unspecified atom stereocenters. The fraction of sp³-hybridized carbons (Fsp3) is 0.500. The van der Waals surface area contributed by atoms with Gasteiger partial charge < -0.3 is 10.2 Å². The highest BCUT2D eigenvalue weighted by Crippen LogP contribution is 2.21. The molecule has 0 bridgehead atoms. The predicted octanol–water partition coefficient (Wildman–Crippen LogP) is 3.25. The topological polar surface area (TPSA) is 15.3 Å². The van der Waals surface area contributed by atoms with Crippen molar-refractivity contribution in [2.24, 2.45) is 0 Å². The summed E-state index contributed by atoms with van der Waals surface area (Å²) in [7, 11) is 4.18. The van der Waals surface area contributed by atoms with E-state index in [1.165, 1.54) is 5.56 Å². The van der Waals surface area contributed by atoms with Gasteiger partial charge in [0.1, 0.15) is 0 Å². The van der Waals surface area contributed by atoms with Crippen LogP contribution in [0.25, 0.3) is 0 Å². The first-order chi connectivity index (χ1) is 7.49.